The van der Waals surface area contributed by atoms with Crippen molar-refractivity contribution in [3.63, 3.8) is 0 Å². The van der Waals surface area contributed by atoms with E-state index >= 15 is 0 Å². The molecule has 1 amide bonds. The molecule has 0 spiro atoms. The molecule has 0 aromatic carbocycles. The number of nitrogens with zero attached hydrogens (tertiary/aromatic N) is 1. The number of rotatable bonds is 39. The highest BCUT2D eigenvalue weighted by molar-refractivity contribution is 5.78. The van der Waals surface area contributed by atoms with Crippen LogP contribution in [0.15, 0.2) is 0 Å². The van der Waals surface area contributed by atoms with Gasteiger partial charge >= 0.3 is 11.9 Å². The van der Waals surface area contributed by atoms with Crippen molar-refractivity contribution < 1.29 is 23.9 Å². The highest BCUT2D eigenvalue weighted by Gasteiger charge is 2.18. The second kappa shape index (κ2) is 37.9. The molecule has 1 heterocycles. The van der Waals surface area contributed by atoms with E-state index in [1.807, 2.05) is 0 Å². The summed E-state index contributed by atoms with van der Waals surface area (Å²) < 4.78 is 11.3. The zero-order chi connectivity index (χ0) is 40.0. The Morgan fingerprint density at radius 1 is 0.473 bits per heavy atom. The maximum atomic E-state index is 13.0. The van der Waals surface area contributed by atoms with Gasteiger partial charge in [0.05, 0.1) is 19.8 Å². The molecule has 1 fully saturated rings. The Hall–Kier alpha value is -1.63. The van der Waals surface area contributed by atoms with E-state index < -0.39 is 0 Å². The summed E-state index contributed by atoms with van der Waals surface area (Å²) in [7, 11) is 0. The molecule has 1 unspecified atom stereocenters. The third-order valence-electron chi connectivity index (χ3n) is 12.0. The molecule has 7 heteroatoms. The van der Waals surface area contributed by atoms with Gasteiger partial charge in [0.1, 0.15) is 0 Å². The van der Waals surface area contributed by atoms with Crippen LogP contribution < -0.4 is 5.32 Å². The number of nitrogens with one attached hydrogen (secondary N) is 1. The summed E-state index contributed by atoms with van der Waals surface area (Å²) in [5, 5.41) is 3.38. The van der Waals surface area contributed by atoms with Crippen LogP contribution in [-0.4, -0.2) is 61.6 Å². The van der Waals surface area contributed by atoms with E-state index in [-0.39, 0.29) is 23.9 Å². The van der Waals surface area contributed by atoms with Gasteiger partial charge in [0.2, 0.25) is 5.91 Å². The minimum Gasteiger partial charge on any atom is -0.466 e. The van der Waals surface area contributed by atoms with E-state index in [9.17, 15) is 14.4 Å². The molecule has 7 nitrogen and oxygen atoms in total. The zero-order valence-corrected chi connectivity index (χ0v) is 37.1. The lowest BCUT2D eigenvalue weighted by Crippen LogP contribution is -2.43. The maximum Gasteiger partial charge on any atom is 0.305 e. The Morgan fingerprint density at radius 2 is 0.855 bits per heavy atom. The standard InChI is InChI=1S/C48H92N2O5/c1-5-9-18-28-43(29-19-10-6-2)36-40-54-47(52)34-24-15-13-14-22-32-45(49-46(51)42-50-38-26-17-27-39-50)33-23-16-25-35-48(53)55-41-37-44(30-20-11-7-3)31-21-12-8-4/h43-45H,5-42H2,1-4H3,(H,49,51). The van der Waals surface area contributed by atoms with Crippen LogP contribution >= 0.6 is 0 Å². The lowest BCUT2D eigenvalue weighted by Gasteiger charge is -2.27. The third-order valence-corrected chi connectivity index (χ3v) is 12.0. The summed E-state index contributed by atoms with van der Waals surface area (Å²) in [6.07, 6.45) is 37.2. The minimum atomic E-state index is -0.0511. The predicted molar refractivity (Wildman–Crippen MR) is 232 cm³/mol. The molecule has 0 bridgehead atoms. The SMILES string of the molecule is CCCCCC(CCCCC)CCOC(=O)CCCCCCCC(CCCCCC(=O)OCCC(CCCCC)CCCCC)NC(=O)CN1CCCCC1. The smallest absolute Gasteiger partial charge is 0.305 e. The molecule has 55 heavy (non-hydrogen) atoms. The lowest BCUT2D eigenvalue weighted by molar-refractivity contribution is -0.145. The first kappa shape index (κ1) is 51.4. The molecule has 1 aliphatic heterocycles. The Kier molecular flexibility index (Phi) is 35.4. The Bertz CT molecular complexity index is 872. The van der Waals surface area contributed by atoms with Crippen molar-refractivity contribution in [3.8, 4) is 0 Å². The van der Waals surface area contributed by atoms with Crippen LogP contribution in [0.4, 0.5) is 0 Å². The van der Waals surface area contributed by atoms with E-state index in [1.54, 1.807) is 0 Å². The summed E-state index contributed by atoms with van der Waals surface area (Å²) in [6.45, 7) is 12.7. The molecule has 324 valence electrons. The molecule has 1 aliphatic rings. The molecule has 1 rings (SSSR count). The second-order valence-electron chi connectivity index (χ2n) is 17.2. The highest BCUT2D eigenvalue weighted by atomic mass is 16.5. The first-order valence-electron chi connectivity index (χ1n) is 24.2. The van der Waals surface area contributed by atoms with Gasteiger partial charge in [-0.3, -0.25) is 19.3 Å². The molecule has 0 aromatic rings. The molecule has 1 saturated heterocycles. The number of hydrogen-bond donors (Lipinski definition) is 1. The highest BCUT2D eigenvalue weighted by Crippen LogP contribution is 2.23. The number of carbonyl (C=O) groups is 3. The monoisotopic (exact) mass is 777 g/mol. The van der Waals surface area contributed by atoms with Crippen molar-refractivity contribution in [2.45, 2.75) is 246 Å². The van der Waals surface area contributed by atoms with Crippen molar-refractivity contribution in [2.24, 2.45) is 11.8 Å². The van der Waals surface area contributed by atoms with Gasteiger partial charge in [0, 0.05) is 18.9 Å². The van der Waals surface area contributed by atoms with Crippen LogP contribution in [0, 0.1) is 11.8 Å². The second-order valence-corrected chi connectivity index (χ2v) is 17.2. The molecule has 0 aromatic heterocycles. The summed E-state index contributed by atoms with van der Waals surface area (Å²) in [5.41, 5.74) is 0. The van der Waals surface area contributed by atoms with Gasteiger partial charge in [0.25, 0.3) is 0 Å². The normalized spacial score (nSPS) is 14.1. The van der Waals surface area contributed by atoms with Gasteiger partial charge in [-0.1, -0.05) is 175 Å². The van der Waals surface area contributed by atoms with Gasteiger partial charge in [-0.15, -0.1) is 0 Å². The summed E-state index contributed by atoms with van der Waals surface area (Å²) >= 11 is 0. The van der Waals surface area contributed by atoms with Crippen molar-refractivity contribution in [1.29, 1.82) is 0 Å². The van der Waals surface area contributed by atoms with Crippen LogP contribution in [0.25, 0.3) is 0 Å². The first-order valence-corrected chi connectivity index (χ1v) is 24.2. The average Bonchev–Trinajstić information content (AvgIpc) is 3.17. The van der Waals surface area contributed by atoms with Crippen LogP contribution in [0.3, 0.4) is 0 Å². The topological polar surface area (TPSA) is 84.9 Å². The summed E-state index contributed by atoms with van der Waals surface area (Å²) in [6, 6.07) is 0.185. The predicted octanol–water partition coefficient (Wildman–Crippen LogP) is 13.1. The van der Waals surface area contributed by atoms with Gasteiger partial charge in [-0.2, -0.15) is 0 Å². The third kappa shape index (κ3) is 32.1. The van der Waals surface area contributed by atoms with Crippen LogP contribution in [-0.2, 0) is 23.9 Å². The largest absolute Gasteiger partial charge is 0.466 e. The van der Waals surface area contributed by atoms with Crippen molar-refractivity contribution in [1.82, 2.24) is 10.2 Å². The van der Waals surface area contributed by atoms with Gasteiger partial charge in [-0.05, 0) is 76.3 Å². The van der Waals surface area contributed by atoms with E-state index in [4.69, 9.17) is 9.47 Å². The fourth-order valence-electron chi connectivity index (χ4n) is 8.33. The summed E-state index contributed by atoms with van der Waals surface area (Å²) in [5.74, 6) is 1.45. The quantitative estimate of drug-likeness (QED) is 0.0494. The van der Waals surface area contributed by atoms with E-state index in [0.717, 1.165) is 90.1 Å². The average molecular weight is 777 g/mol. The number of carbonyl (C=O) groups excluding carboxylic acids is 3. The van der Waals surface area contributed by atoms with Crippen LogP contribution in [0.2, 0.25) is 0 Å². The van der Waals surface area contributed by atoms with Gasteiger partial charge in [0.15, 0.2) is 0 Å². The Morgan fingerprint density at radius 3 is 1.29 bits per heavy atom. The summed E-state index contributed by atoms with van der Waals surface area (Å²) in [4.78, 5) is 40.2. The molecule has 0 radical (unpaired) electrons. The Balaban J connectivity index is 2.34. The maximum absolute atomic E-state index is 13.0. The van der Waals surface area contributed by atoms with E-state index in [1.165, 1.54) is 122 Å². The molecular weight excluding hydrogens is 685 g/mol. The number of hydrogen-bond acceptors (Lipinski definition) is 6. The van der Waals surface area contributed by atoms with Gasteiger partial charge in [-0.25, -0.2) is 0 Å². The van der Waals surface area contributed by atoms with E-state index in [0.29, 0.717) is 44.4 Å². The molecule has 1 atom stereocenters. The number of piperidine rings is 1. The lowest BCUT2D eigenvalue weighted by atomic mass is 9.92. The molecule has 0 aliphatic carbocycles. The van der Waals surface area contributed by atoms with Crippen molar-refractivity contribution in [2.75, 3.05) is 32.8 Å². The number of likely N-dealkylation sites (tertiary alicyclic amines) is 1. The number of unbranched alkanes of at least 4 members (excludes halogenated alkanes) is 14. The number of amides is 1. The van der Waals surface area contributed by atoms with Gasteiger partial charge < -0.3 is 14.8 Å². The zero-order valence-electron chi connectivity index (χ0n) is 37.1. The van der Waals surface area contributed by atoms with Crippen LogP contribution in [0.1, 0.15) is 240 Å². The minimum absolute atomic E-state index is 0.0325. The molecule has 1 N–H and O–H groups in total. The molecule has 0 saturated carbocycles. The fraction of sp³-hybridized carbons (Fsp3) is 0.938. The fourth-order valence-corrected chi connectivity index (χ4v) is 8.33. The first-order chi connectivity index (χ1) is 26.9. The Labute approximate surface area is 341 Å². The van der Waals surface area contributed by atoms with E-state index in [2.05, 4.69) is 37.9 Å². The molecular formula is C48H92N2O5. The van der Waals surface area contributed by atoms with Crippen molar-refractivity contribution >= 4 is 17.8 Å². The number of ether oxygens (including phenoxy) is 2. The number of esters is 2. The van der Waals surface area contributed by atoms with Crippen LogP contribution in [0.5, 0.6) is 0 Å². The van der Waals surface area contributed by atoms with Crippen molar-refractivity contribution in [3.05, 3.63) is 0 Å².